The number of hydrogen-bond acceptors (Lipinski definition) is 6. The molecule has 3 heterocycles. The molecule has 0 aromatic carbocycles. The second kappa shape index (κ2) is 5.18. The van der Waals surface area contributed by atoms with E-state index in [0.29, 0.717) is 25.1 Å². The highest BCUT2D eigenvalue weighted by atomic mass is 32.2. The van der Waals surface area contributed by atoms with E-state index in [4.69, 9.17) is 0 Å². The number of hydrogen-bond donors (Lipinski definition) is 2. The molecule has 1 aliphatic rings. The summed E-state index contributed by atoms with van der Waals surface area (Å²) >= 11 is 0. The largest absolute Gasteiger partial charge is 0.284 e. The van der Waals surface area contributed by atoms with Crippen molar-refractivity contribution in [2.45, 2.75) is 28.7 Å². The molecule has 0 radical (unpaired) electrons. The zero-order chi connectivity index (χ0) is 16.0. The summed E-state index contributed by atoms with van der Waals surface area (Å²) in [5.41, 5.74) is 0.312. The van der Waals surface area contributed by atoms with Gasteiger partial charge in [0.05, 0.1) is 24.1 Å². The number of nitrogens with zero attached hydrogens (tertiary/aromatic N) is 3. The van der Waals surface area contributed by atoms with Crippen molar-refractivity contribution in [3.63, 3.8) is 0 Å². The van der Waals surface area contributed by atoms with Gasteiger partial charge in [0.1, 0.15) is 9.79 Å². The molecule has 11 heteroatoms. The van der Waals surface area contributed by atoms with Gasteiger partial charge in [0.2, 0.25) is 10.0 Å². The number of aromatic nitrogens is 4. The Labute approximate surface area is 127 Å². The molecular weight excluding hydrogens is 330 g/mol. The third kappa shape index (κ3) is 2.44. The van der Waals surface area contributed by atoms with Gasteiger partial charge in [-0.25, -0.2) is 16.8 Å². The van der Waals surface area contributed by atoms with E-state index in [1.807, 2.05) is 0 Å². The summed E-state index contributed by atoms with van der Waals surface area (Å²) < 4.78 is 50.2. The Balaban J connectivity index is 2.04. The van der Waals surface area contributed by atoms with Crippen molar-refractivity contribution < 1.29 is 16.8 Å². The average Bonchev–Trinajstić information content (AvgIpc) is 3.18. The molecule has 2 aromatic rings. The Morgan fingerprint density at radius 2 is 2.00 bits per heavy atom. The maximum Gasteiger partial charge on any atom is 0.246 e. The van der Waals surface area contributed by atoms with Crippen LogP contribution >= 0.6 is 0 Å². The molecule has 0 unspecified atom stereocenters. The molecule has 9 nitrogen and oxygen atoms in total. The van der Waals surface area contributed by atoms with Crippen LogP contribution in [0.25, 0.3) is 0 Å². The van der Waals surface area contributed by atoms with E-state index in [0.717, 1.165) is 6.26 Å². The monoisotopic (exact) mass is 345 g/mol. The summed E-state index contributed by atoms with van der Waals surface area (Å²) in [4.78, 5) is 0.0895. The maximum absolute atomic E-state index is 12.6. The molecule has 3 rings (SSSR count). The van der Waals surface area contributed by atoms with Gasteiger partial charge in [-0.1, -0.05) is 0 Å². The molecule has 1 saturated heterocycles. The number of H-pyrrole nitrogens is 2. The lowest BCUT2D eigenvalue weighted by Crippen LogP contribution is -2.31. The van der Waals surface area contributed by atoms with Crippen molar-refractivity contribution in [1.82, 2.24) is 24.7 Å². The SMILES string of the molecule is CS(=O)(=O)c1cn[nH]c1[C@@H]1CCCN1S(=O)(=O)c1cn[nH]c1. The predicted molar refractivity (Wildman–Crippen MR) is 76.2 cm³/mol. The molecule has 0 amide bonds. The number of aromatic amines is 2. The summed E-state index contributed by atoms with van der Waals surface area (Å²) in [5, 5.41) is 12.5. The Kier molecular flexibility index (Phi) is 3.57. The predicted octanol–water partition coefficient (Wildman–Crippen LogP) is 0.0621. The van der Waals surface area contributed by atoms with E-state index in [9.17, 15) is 16.8 Å². The van der Waals surface area contributed by atoms with E-state index in [1.54, 1.807) is 0 Å². The summed E-state index contributed by atoms with van der Waals surface area (Å²) in [7, 11) is -7.22. The minimum atomic E-state index is -3.74. The van der Waals surface area contributed by atoms with Crippen molar-refractivity contribution in [3.8, 4) is 0 Å². The fourth-order valence-electron chi connectivity index (χ4n) is 2.65. The van der Waals surface area contributed by atoms with E-state index >= 15 is 0 Å². The Hall–Kier alpha value is -1.72. The second-order valence-corrected chi connectivity index (χ2v) is 9.00. The fraction of sp³-hybridized carbons (Fsp3) is 0.455. The number of sulfonamides is 1. The molecule has 2 aromatic heterocycles. The third-order valence-corrected chi connectivity index (χ3v) is 6.65. The van der Waals surface area contributed by atoms with Crippen LogP contribution < -0.4 is 0 Å². The highest BCUT2D eigenvalue weighted by molar-refractivity contribution is 7.90. The van der Waals surface area contributed by atoms with Crippen LogP contribution in [0.2, 0.25) is 0 Å². The lowest BCUT2D eigenvalue weighted by Gasteiger charge is -2.23. The van der Waals surface area contributed by atoms with Crippen LogP contribution in [0.1, 0.15) is 24.6 Å². The van der Waals surface area contributed by atoms with Gasteiger partial charge in [-0.05, 0) is 12.8 Å². The second-order valence-electron chi connectivity index (χ2n) is 5.13. The van der Waals surface area contributed by atoms with E-state index < -0.39 is 25.9 Å². The van der Waals surface area contributed by atoms with Crippen LogP contribution in [0, 0.1) is 0 Å². The first-order chi connectivity index (χ1) is 10.3. The molecule has 0 aliphatic carbocycles. The standard InChI is InChI=1S/C11H15N5O4S2/c1-21(17,18)10-7-14-15-11(10)9-3-2-4-16(9)22(19,20)8-5-12-13-6-8/h5-7,9H,2-4H2,1H3,(H,12,13)(H,14,15)/t9-/m0/s1. The fourth-order valence-corrected chi connectivity index (χ4v) is 5.05. The summed E-state index contributed by atoms with van der Waals surface area (Å²) in [6.45, 7) is 0.320. The Morgan fingerprint density at radius 1 is 1.23 bits per heavy atom. The van der Waals surface area contributed by atoms with Crippen LogP contribution in [0.5, 0.6) is 0 Å². The van der Waals surface area contributed by atoms with Crippen molar-refractivity contribution in [1.29, 1.82) is 0 Å². The van der Waals surface area contributed by atoms with E-state index in [-0.39, 0.29) is 9.79 Å². The summed E-state index contributed by atoms with van der Waals surface area (Å²) in [6.07, 6.45) is 5.99. The minimum absolute atomic E-state index is 0.0341. The smallest absolute Gasteiger partial charge is 0.246 e. The van der Waals surface area contributed by atoms with E-state index in [1.165, 1.54) is 22.9 Å². The van der Waals surface area contributed by atoms with Crippen LogP contribution in [-0.2, 0) is 19.9 Å². The first-order valence-corrected chi connectivity index (χ1v) is 9.89. The highest BCUT2D eigenvalue weighted by Crippen LogP contribution is 2.37. The molecule has 0 saturated carbocycles. The lowest BCUT2D eigenvalue weighted by atomic mass is 10.2. The molecule has 0 spiro atoms. The zero-order valence-corrected chi connectivity index (χ0v) is 13.4. The molecule has 0 bridgehead atoms. The maximum atomic E-state index is 12.6. The molecule has 1 atom stereocenters. The van der Waals surface area contributed by atoms with Crippen molar-refractivity contribution in [2.24, 2.45) is 0 Å². The van der Waals surface area contributed by atoms with Gasteiger partial charge in [-0.2, -0.15) is 14.5 Å². The first-order valence-electron chi connectivity index (χ1n) is 6.56. The number of rotatable bonds is 4. The average molecular weight is 345 g/mol. The molecule has 120 valence electrons. The van der Waals surface area contributed by atoms with Gasteiger partial charge in [-0.15, -0.1) is 0 Å². The Morgan fingerprint density at radius 3 is 2.64 bits per heavy atom. The van der Waals surface area contributed by atoms with Crippen LogP contribution in [-0.4, -0.2) is 54.3 Å². The molecule has 1 aliphatic heterocycles. The Bertz CT molecular complexity index is 869. The highest BCUT2D eigenvalue weighted by Gasteiger charge is 2.39. The van der Waals surface area contributed by atoms with Crippen molar-refractivity contribution in [3.05, 3.63) is 24.3 Å². The number of sulfone groups is 1. The lowest BCUT2D eigenvalue weighted by molar-refractivity contribution is 0.386. The van der Waals surface area contributed by atoms with Gasteiger partial charge in [0.25, 0.3) is 0 Å². The molecule has 1 fully saturated rings. The summed E-state index contributed by atoms with van der Waals surface area (Å²) in [5.74, 6) is 0. The normalized spacial score (nSPS) is 20.5. The topological polar surface area (TPSA) is 129 Å². The number of nitrogens with one attached hydrogen (secondary N) is 2. The minimum Gasteiger partial charge on any atom is -0.284 e. The van der Waals surface area contributed by atoms with Crippen LogP contribution in [0.4, 0.5) is 0 Å². The van der Waals surface area contributed by atoms with Gasteiger partial charge in [-0.3, -0.25) is 10.2 Å². The van der Waals surface area contributed by atoms with E-state index in [2.05, 4.69) is 20.4 Å². The first kappa shape index (κ1) is 15.2. The van der Waals surface area contributed by atoms with Gasteiger partial charge in [0.15, 0.2) is 9.84 Å². The quantitative estimate of drug-likeness (QED) is 0.806. The molecule has 22 heavy (non-hydrogen) atoms. The molecule has 2 N–H and O–H groups in total. The van der Waals surface area contributed by atoms with Gasteiger partial charge in [0, 0.05) is 19.0 Å². The molecular formula is C11H15N5O4S2. The van der Waals surface area contributed by atoms with Crippen LogP contribution in [0.3, 0.4) is 0 Å². The van der Waals surface area contributed by atoms with Crippen molar-refractivity contribution >= 4 is 19.9 Å². The van der Waals surface area contributed by atoms with Crippen molar-refractivity contribution in [2.75, 3.05) is 12.8 Å². The third-order valence-electron chi connectivity index (χ3n) is 3.65. The summed E-state index contributed by atoms with van der Waals surface area (Å²) in [6, 6.07) is -0.577. The van der Waals surface area contributed by atoms with Gasteiger partial charge >= 0.3 is 0 Å². The van der Waals surface area contributed by atoms with Gasteiger partial charge < -0.3 is 0 Å². The zero-order valence-electron chi connectivity index (χ0n) is 11.7. The van der Waals surface area contributed by atoms with Crippen LogP contribution in [0.15, 0.2) is 28.4 Å².